The zero-order valence-electron chi connectivity index (χ0n) is 26.0. The van der Waals surface area contributed by atoms with Crippen LogP contribution in [0.1, 0.15) is 60.9 Å². The van der Waals surface area contributed by atoms with E-state index in [1.807, 2.05) is 30.6 Å². The van der Waals surface area contributed by atoms with Crippen molar-refractivity contribution in [2.24, 2.45) is 4.99 Å². The Labute approximate surface area is 262 Å². The van der Waals surface area contributed by atoms with E-state index in [0.717, 1.165) is 63.6 Å². The van der Waals surface area contributed by atoms with E-state index in [9.17, 15) is 0 Å². The number of aromatic nitrogens is 3. The molecule has 0 saturated heterocycles. The minimum absolute atomic E-state index is 0.183. The minimum Gasteiger partial charge on any atom is -0.472 e. The summed E-state index contributed by atoms with van der Waals surface area (Å²) < 4.78 is 15.5. The number of benzene rings is 3. The molecule has 0 N–H and O–H groups in total. The zero-order valence-corrected chi connectivity index (χ0v) is 26.0. The third-order valence-electron chi connectivity index (χ3n) is 9.95. The van der Waals surface area contributed by atoms with Crippen molar-refractivity contribution in [2.45, 2.75) is 64.5 Å². The second kappa shape index (κ2) is 9.51. The molecule has 0 spiro atoms. The van der Waals surface area contributed by atoms with E-state index in [-0.39, 0.29) is 17.6 Å². The standard InChI is InChI=1S/C39H34N4O2/c1-22-15-28-27-9-7-10-29-36(27)43(37(28)41-21-22)33-20-35(23(2)16-30(33)39(29,3)4)44-26-18-24(31-11-5-6-14-40-31)17-25(19-26)38-42-32-12-8-13-34(32)45-38/h5-7,9-11,14-21,32,34H,8,12-13H2,1-4H3/t32-,34+/m1/s1. The second-order valence-electron chi connectivity index (χ2n) is 13.3. The highest BCUT2D eigenvalue weighted by Crippen LogP contribution is 2.49. The monoisotopic (exact) mass is 590 g/mol. The van der Waals surface area contributed by atoms with Crippen molar-refractivity contribution < 1.29 is 9.47 Å². The first-order valence-corrected chi connectivity index (χ1v) is 15.9. The predicted molar refractivity (Wildman–Crippen MR) is 179 cm³/mol. The molecule has 1 aliphatic carbocycles. The summed E-state index contributed by atoms with van der Waals surface area (Å²) in [5, 5.41) is 2.41. The highest BCUT2D eigenvalue weighted by atomic mass is 16.5. The Bertz CT molecular complexity index is 2210. The number of aryl methyl sites for hydroxylation is 2. The lowest BCUT2D eigenvalue weighted by Gasteiger charge is -2.35. The molecular weight excluding hydrogens is 556 g/mol. The van der Waals surface area contributed by atoms with Crippen molar-refractivity contribution in [1.29, 1.82) is 0 Å². The quantitative estimate of drug-likeness (QED) is 0.206. The molecule has 0 radical (unpaired) electrons. The SMILES string of the molecule is Cc1cnc2c(c1)c1cccc3c1n2-c1cc(Oc2cc(C4=N[C@@H]5CCC[C@@H]5O4)cc(-c4ccccn4)c2)c(C)cc1C3(C)C. The Morgan fingerprint density at radius 1 is 0.867 bits per heavy atom. The summed E-state index contributed by atoms with van der Waals surface area (Å²) in [6.45, 7) is 8.88. The molecule has 222 valence electrons. The molecule has 6 nitrogen and oxygen atoms in total. The van der Waals surface area contributed by atoms with Crippen molar-refractivity contribution in [3.63, 3.8) is 0 Å². The van der Waals surface area contributed by atoms with Crippen molar-refractivity contribution in [1.82, 2.24) is 14.5 Å². The molecule has 6 heteroatoms. The molecule has 0 bridgehead atoms. The molecule has 2 aliphatic heterocycles. The van der Waals surface area contributed by atoms with E-state index in [2.05, 4.69) is 91.8 Å². The lowest BCUT2D eigenvalue weighted by Crippen LogP contribution is -2.26. The van der Waals surface area contributed by atoms with E-state index in [1.54, 1.807) is 0 Å². The van der Waals surface area contributed by atoms with Gasteiger partial charge >= 0.3 is 0 Å². The number of pyridine rings is 2. The van der Waals surface area contributed by atoms with Gasteiger partial charge in [-0.3, -0.25) is 9.55 Å². The fourth-order valence-electron chi connectivity index (χ4n) is 7.65. The van der Waals surface area contributed by atoms with Gasteiger partial charge in [-0.1, -0.05) is 38.1 Å². The van der Waals surface area contributed by atoms with Crippen molar-refractivity contribution in [2.75, 3.05) is 0 Å². The summed E-state index contributed by atoms with van der Waals surface area (Å²) in [6.07, 6.45) is 7.28. The van der Waals surface area contributed by atoms with Gasteiger partial charge in [0.1, 0.15) is 23.3 Å². The van der Waals surface area contributed by atoms with Crippen LogP contribution in [0.25, 0.3) is 38.9 Å². The summed E-state index contributed by atoms with van der Waals surface area (Å²) in [5.41, 5.74) is 10.7. The summed E-state index contributed by atoms with van der Waals surface area (Å²) in [7, 11) is 0. The average Bonchev–Trinajstić information content (AvgIpc) is 3.74. The van der Waals surface area contributed by atoms with E-state index >= 15 is 0 Å². The highest BCUT2D eigenvalue weighted by molar-refractivity contribution is 6.10. The largest absolute Gasteiger partial charge is 0.472 e. The molecule has 9 rings (SSSR count). The van der Waals surface area contributed by atoms with Gasteiger partial charge in [-0.15, -0.1) is 0 Å². The van der Waals surface area contributed by atoms with Gasteiger partial charge in [0.15, 0.2) is 0 Å². The van der Waals surface area contributed by atoms with Crippen molar-refractivity contribution >= 4 is 27.8 Å². The predicted octanol–water partition coefficient (Wildman–Crippen LogP) is 8.99. The first-order valence-electron chi connectivity index (χ1n) is 15.9. The molecule has 0 unspecified atom stereocenters. The molecule has 3 aromatic carbocycles. The summed E-state index contributed by atoms with van der Waals surface area (Å²) in [5.74, 6) is 2.24. The zero-order chi connectivity index (χ0) is 30.4. The van der Waals surface area contributed by atoms with Crippen LogP contribution in [0.15, 0.2) is 90.2 Å². The number of rotatable bonds is 4. The maximum atomic E-state index is 6.82. The van der Waals surface area contributed by atoms with Crippen LogP contribution in [-0.4, -0.2) is 32.6 Å². The number of ether oxygens (including phenoxy) is 2. The molecule has 3 aromatic heterocycles. The van der Waals surface area contributed by atoms with Crippen LogP contribution in [0.3, 0.4) is 0 Å². The second-order valence-corrected chi connectivity index (χ2v) is 13.3. The van der Waals surface area contributed by atoms with Gasteiger partial charge in [0, 0.05) is 45.8 Å². The molecule has 1 saturated carbocycles. The van der Waals surface area contributed by atoms with E-state index < -0.39 is 0 Å². The molecular formula is C39H34N4O2. The van der Waals surface area contributed by atoms with Crippen LogP contribution in [-0.2, 0) is 10.2 Å². The summed E-state index contributed by atoms with van der Waals surface area (Å²) in [4.78, 5) is 14.6. The highest BCUT2D eigenvalue weighted by Gasteiger charge is 2.37. The number of fused-ring (bicyclic) bond motifs is 6. The summed E-state index contributed by atoms with van der Waals surface area (Å²) >= 11 is 0. The van der Waals surface area contributed by atoms with Gasteiger partial charge in [-0.05, 0) is 97.8 Å². The Kier molecular flexibility index (Phi) is 5.59. The number of hydrogen-bond donors (Lipinski definition) is 0. The van der Waals surface area contributed by atoms with E-state index in [1.165, 1.54) is 33.8 Å². The molecule has 6 aromatic rings. The van der Waals surface area contributed by atoms with Crippen LogP contribution in [0.5, 0.6) is 11.5 Å². The van der Waals surface area contributed by atoms with Crippen LogP contribution < -0.4 is 4.74 Å². The van der Waals surface area contributed by atoms with E-state index in [4.69, 9.17) is 19.5 Å². The summed E-state index contributed by atoms with van der Waals surface area (Å²) in [6, 6.07) is 25.9. The maximum absolute atomic E-state index is 6.82. The van der Waals surface area contributed by atoms with Gasteiger partial charge in [0.25, 0.3) is 0 Å². The lowest BCUT2D eigenvalue weighted by molar-refractivity contribution is 0.211. The van der Waals surface area contributed by atoms with Crippen LogP contribution in [0.2, 0.25) is 0 Å². The van der Waals surface area contributed by atoms with Crippen LogP contribution >= 0.6 is 0 Å². The maximum Gasteiger partial charge on any atom is 0.216 e. The fraction of sp³-hybridized carbons (Fsp3) is 0.256. The van der Waals surface area contributed by atoms with Crippen LogP contribution in [0.4, 0.5) is 0 Å². The van der Waals surface area contributed by atoms with Gasteiger partial charge < -0.3 is 9.47 Å². The molecule has 1 fully saturated rings. The smallest absolute Gasteiger partial charge is 0.216 e. The Hall–Kier alpha value is -4.97. The number of para-hydroxylation sites is 1. The Morgan fingerprint density at radius 3 is 2.60 bits per heavy atom. The molecule has 5 heterocycles. The number of nitrogens with zero attached hydrogens (tertiary/aromatic N) is 4. The number of hydrogen-bond acceptors (Lipinski definition) is 5. The van der Waals surface area contributed by atoms with Gasteiger partial charge in [-0.2, -0.15) is 0 Å². The van der Waals surface area contributed by atoms with Gasteiger partial charge in [0.05, 0.1) is 22.9 Å². The average molecular weight is 591 g/mol. The van der Waals surface area contributed by atoms with Crippen LogP contribution in [0, 0.1) is 13.8 Å². The third-order valence-corrected chi connectivity index (χ3v) is 9.95. The lowest BCUT2D eigenvalue weighted by atomic mass is 9.74. The van der Waals surface area contributed by atoms with Crippen molar-refractivity contribution in [3.05, 3.63) is 113 Å². The molecule has 0 amide bonds. The number of aliphatic imine (C=N–C) groups is 1. The third kappa shape index (κ3) is 3.98. The first kappa shape index (κ1) is 26.4. The topological polar surface area (TPSA) is 61.5 Å². The molecule has 45 heavy (non-hydrogen) atoms. The van der Waals surface area contributed by atoms with Gasteiger partial charge in [0.2, 0.25) is 5.90 Å². The van der Waals surface area contributed by atoms with Crippen molar-refractivity contribution in [3.8, 4) is 28.4 Å². The first-order chi connectivity index (χ1) is 21.8. The fourth-order valence-corrected chi connectivity index (χ4v) is 7.65. The molecule has 3 aliphatic rings. The Balaban J connectivity index is 1.21. The molecule has 2 atom stereocenters. The Morgan fingerprint density at radius 2 is 1.76 bits per heavy atom. The van der Waals surface area contributed by atoms with E-state index in [0.29, 0.717) is 5.90 Å². The minimum atomic E-state index is -0.195. The normalized spacial score (nSPS) is 19.3. The van der Waals surface area contributed by atoms with Gasteiger partial charge in [-0.25, -0.2) is 9.98 Å².